The number of amides is 2. The summed E-state index contributed by atoms with van der Waals surface area (Å²) in [6.45, 7) is 0. The molecule has 3 aromatic rings. The SMILES string of the molecule is O=C(Nc1ccc(C2NNC(=O)C3CCCCC32)cc1)c1cnn2ccccc12. The fraction of sp³-hybridized carbons (Fsp3) is 0.318. The number of pyridine rings is 1. The number of benzene rings is 1. The van der Waals surface area contributed by atoms with Gasteiger partial charge in [0.15, 0.2) is 0 Å². The van der Waals surface area contributed by atoms with Crippen molar-refractivity contribution in [1.82, 2.24) is 20.5 Å². The van der Waals surface area contributed by atoms with E-state index in [-0.39, 0.29) is 23.8 Å². The molecule has 3 atom stereocenters. The Kier molecular flexibility index (Phi) is 4.52. The van der Waals surface area contributed by atoms with E-state index >= 15 is 0 Å². The number of aromatic nitrogens is 2. The molecule has 2 aliphatic rings. The first kappa shape index (κ1) is 17.9. The number of rotatable bonds is 3. The molecule has 1 aliphatic carbocycles. The van der Waals surface area contributed by atoms with Crippen molar-refractivity contribution in [3.05, 3.63) is 66.0 Å². The largest absolute Gasteiger partial charge is 0.322 e. The van der Waals surface area contributed by atoms with Crippen molar-refractivity contribution in [2.75, 3.05) is 5.32 Å². The van der Waals surface area contributed by atoms with Crippen LogP contribution in [0.15, 0.2) is 54.9 Å². The van der Waals surface area contributed by atoms with Gasteiger partial charge < -0.3 is 5.32 Å². The van der Waals surface area contributed by atoms with Crippen molar-refractivity contribution in [1.29, 1.82) is 0 Å². The predicted octanol–water partition coefficient (Wildman–Crippen LogP) is 3.07. The Bertz CT molecular complexity index is 1060. The van der Waals surface area contributed by atoms with Crippen LogP contribution in [0.5, 0.6) is 0 Å². The Hall–Kier alpha value is -3.19. The highest BCUT2D eigenvalue weighted by molar-refractivity contribution is 6.08. The summed E-state index contributed by atoms with van der Waals surface area (Å²) in [6, 6.07) is 13.6. The molecule has 3 N–H and O–H groups in total. The van der Waals surface area contributed by atoms with E-state index in [9.17, 15) is 9.59 Å². The topological polar surface area (TPSA) is 87.5 Å². The number of anilines is 1. The lowest BCUT2D eigenvalue weighted by molar-refractivity contribution is -0.133. The monoisotopic (exact) mass is 389 g/mol. The Morgan fingerprint density at radius 3 is 2.79 bits per heavy atom. The van der Waals surface area contributed by atoms with Crippen LogP contribution in [0.4, 0.5) is 5.69 Å². The van der Waals surface area contributed by atoms with Gasteiger partial charge in [-0.3, -0.25) is 15.0 Å². The zero-order chi connectivity index (χ0) is 19.8. The van der Waals surface area contributed by atoms with Crippen LogP contribution < -0.4 is 16.2 Å². The number of carbonyl (C=O) groups is 2. The van der Waals surface area contributed by atoms with Gasteiger partial charge in [0, 0.05) is 17.8 Å². The first-order valence-electron chi connectivity index (χ1n) is 10.1. The summed E-state index contributed by atoms with van der Waals surface area (Å²) in [7, 11) is 0. The lowest BCUT2D eigenvalue weighted by Crippen LogP contribution is -2.55. The van der Waals surface area contributed by atoms with Crippen LogP contribution in [0.25, 0.3) is 5.52 Å². The molecule has 0 bridgehead atoms. The molecule has 1 saturated heterocycles. The predicted molar refractivity (Wildman–Crippen MR) is 109 cm³/mol. The van der Waals surface area contributed by atoms with Gasteiger partial charge in [-0.05, 0) is 48.6 Å². The van der Waals surface area contributed by atoms with Crippen LogP contribution in [-0.4, -0.2) is 21.4 Å². The third kappa shape index (κ3) is 3.27. The van der Waals surface area contributed by atoms with E-state index in [2.05, 4.69) is 21.3 Å². The summed E-state index contributed by atoms with van der Waals surface area (Å²) in [5.41, 5.74) is 9.19. The van der Waals surface area contributed by atoms with Crippen LogP contribution in [0, 0.1) is 11.8 Å². The Labute approximate surface area is 168 Å². The molecule has 3 heterocycles. The molecule has 1 aliphatic heterocycles. The Morgan fingerprint density at radius 1 is 1.10 bits per heavy atom. The summed E-state index contributed by atoms with van der Waals surface area (Å²) < 4.78 is 1.68. The maximum absolute atomic E-state index is 12.7. The van der Waals surface area contributed by atoms with Gasteiger partial charge in [-0.1, -0.05) is 31.0 Å². The summed E-state index contributed by atoms with van der Waals surface area (Å²) in [5, 5.41) is 7.16. The lowest BCUT2D eigenvalue weighted by atomic mass is 9.72. The zero-order valence-corrected chi connectivity index (χ0v) is 16.0. The number of carbonyl (C=O) groups excluding carboxylic acids is 2. The van der Waals surface area contributed by atoms with Gasteiger partial charge in [0.2, 0.25) is 5.91 Å². The van der Waals surface area contributed by atoms with E-state index in [0.717, 1.165) is 36.0 Å². The second kappa shape index (κ2) is 7.33. The lowest BCUT2D eigenvalue weighted by Gasteiger charge is -2.41. The molecule has 29 heavy (non-hydrogen) atoms. The highest BCUT2D eigenvalue weighted by Crippen LogP contribution is 2.40. The smallest absolute Gasteiger partial charge is 0.259 e. The normalized spacial score (nSPS) is 24.0. The van der Waals surface area contributed by atoms with E-state index < -0.39 is 0 Å². The molecule has 0 spiro atoms. The molecule has 1 saturated carbocycles. The van der Waals surface area contributed by atoms with Crippen LogP contribution in [0.2, 0.25) is 0 Å². The number of nitrogens with one attached hydrogen (secondary N) is 3. The maximum atomic E-state index is 12.7. The average Bonchev–Trinajstić information content (AvgIpc) is 3.19. The Morgan fingerprint density at radius 2 is 1.93 bits per heavy atom. The molecular weight excluding hydrogens is 366 g/mol. The minimum Gasteiger partial charge on any atom is -0.322 e. The maximum Gasteiger partial charge on any atom is 0.259 e. The van der Waals surface area contributed by atoms with Crippen molar-refractivity contribution in [3.8, 4) is 0 Å². The molecule has 7 nitrogen and oxygen atoms in total. The molecule has 3 unspecified atom stereocenters. The zero-order valence-electron chi connectivity index (χ0n) is 16.0. The number of hydrazine groups is 1. The first-order valence-corrected chi connectivity index (χ1v) is 10.1. The molecule has 1 aromatic carbocycles. The molecule has 0 radical (unpaired) electrons. The molecular formula is C22H23N5O2. The van der Waals surface area contributed by atoms with Crippen LogP contribution in [-0.2, 0) is 4.79 Å². The van der Waals surface area contributed by atoms with Gasteiger partial charge in [0.1, 0.15) is 0 Å². The van der Waals surface area contributed by atoms with Crippen molar-refractivity contribution in [3.63, 3.8) is 0 Å². The molecule has 2 aromatic heterocycles. The second-order valence-corrected chi connectivity index (χ2v) is 7.83. The van der Waals surface area contributed by atoms with E-state index in [1.54, 1.807) is 10.7 Å². The minimum atomic E-state index is -0.186. The van der Waals surface area contributed by atoms with Crippen LogP contribution in [0.1, 0.15) is 47.6 Å². The summed E-state index contributed by atoms with van der Waals surface area (Å²) in [4.78, 5) is 24.8. The highest BCUT2D eigenvalue weighted by Gasteiger charge is 2.40. The third-order valence-electron chi connectivity index (χ3n) is 6.13. The second-order valence-electron chi connectivity index (χ2n) is 7.83. The van der Waals surface area contributed by atoms with E-state index in [0.29, 0.717) is 11.5 Å². The molecule has 148 valence electrons. The number of hydrogen-bond donors (Lipinski definition) is 3. The minimum absolute atomic E-state index is 0.0880. The van der Waals surface area contributed by atoms with Gasteiger partial charge >= 0.3 is 0 Å². The van der Waals surface area contributed by atoms with Gasteiger partial charge in [0.05, 0.1) is 23.3 Å². The van der Waals surface area contributed by atoms with Gasteiger partial charge in [0.25, 0.3) is 5.91 Å². The Balaban J connectivity index is 1.32. The van der Waals surface area contributed by atoms with Crippen molar-refractivity contribution in [2.24, 2.45) is 11.8 Å². The van der Waals surface area contributed by atoms with Gasteiger partial charge in [-0.25, -0.2) is 9.94 Å². The fourth-order valence-corrected chi connectivity index (χ4v) is 4.64. The average molecular weight is 389 g/mol. The van der Waals surface area contributed by atoms with Crippen LogP contribution in [0.3, 0.4) is 0 Å². The van der Waals surface area contributed by atoms with Gasteiger partial charge in [-0.2, -0.15) is 5.10 Å². The fourth-order valence-electron chi connectivity index (χ4n) is 4.64. The van der Waals surface area contributed by atoms with Crippen molar-refractivity contribution in [2.45, 2.75) is 31.7 Å². The van der Waals surface area contributed by atoms with Crippen molar-refractivity contribution < 1.29 is 9.59 Å². The van der Waals surface area contributed by atoms with E-state index in [4.69, 9.17) is 0 Å². The first-order chi connectivity index (χ1) is 14.2. The standard InChI is InChI=1S/C22H23N5O2/c28-21(18-13-23-27-12-4-3-7-19(18)27)24-15-10-8-14(9-11-15)20-16-5-1-2-6-17(16)22(29)26-25-20/h3-4,7-13,16-17,20,25H,1-2,5-6H2,(H,24,28)(H,26,29). The molecule has 5 rings (SSSR count). The van der Waals surface area contributed by atoms with Gasteiger partial charge in [-0.15, -0.1) is 0 Å². The number of hydrogen-bond acceptors (Lipinski definition) is 4. The summed E-state index contributed by atoms with van der Waals surface area (Å²) >= 11 is 0. The molecule has 2 amide bonds. The van der Waals surface area contributed by atoms with E-state index in [1.165, 1.54) is 6.42 Å². The molecule has 7 heteroatoms. The number of fused-ring (bicyclic) bond motifs is 2. The third-order valence-corrected chi connectivity index (χ3v) is 6.13. The van der Waals surface area contributed by atoms with Crippen LogP contribution >= 0.6 is 0 Å². The highest BCUT2D eigenvalue weighted by atomic mass is 16.2. The summed E-state index contributed by atoms with van der Waals surface area (Å²) in [5.74, 6) is 0.333. The van der Waals surface area contributed by atoms with E-state index in [1.807, 2.05) is 48.7 Å². The number of nitrogens with zero attached hydrogens (tertiary/aromatic N) is 2. The quantitative estimate of drug-likeness (QED) is 0.642. The van der Waals surface area contributed by atoms with Crippen molar-refractivity contribution >= 4 is 23.0 Å². The molecule has 2 fully saturated rings. The summed E-state index contributed by atoms with van der Waals surface area (Å²) in [6.07, 6.45) is 7.70.